The van der Waals surface area contributed by atoms with Gasteiger partial charge in [0.25, 0.3) is 10.2 Å². The van der Waals surface area contributed by atoms with Gasteiger partial charge in [0.15, 0.2) is 0 Å². The molecule has 0 amide bonds. The van der Waals surface area contributed by atoms with E-state index < -0.39 is 16.3 Å². The molecule has 2 atom stereocenters. The molecule has 2 aliphatic rings. The van der Waals surface area contributed by atoms with Crippen LogP contribution in [0.3, 0.4) is 0 Å². The first-order chi connectivity index (χ1) is 9.01. The van der Waals surface area contributed by atoms with Crippen molar-refractivity contribution in [1.29, 1.82) is 0 Å². The van der Waals surface area contributed by atoms with Crippen LogP contribution in [-0.2, 0) is 10.2 Å². The van der Waals surface area contributed by atoms with Crippen molar-refractivity contribution in [3.63, 3.8) is 0 Å². The largest absolute Gasteiger partial charge is 0.393 e. The van der Waals surface area contributed by atoms with Gasteiger partial charge in [-0.25, -0.2) is 0 Å². The number of nitrogens with zero attached hydrogens (tertiary/aromatic N) is 2. The summed E-state index contributed by atoms with van der Waals surface area (Å²) in [5.41, 5.74) is 0. The van der Waals surface area contributed by atoms with E-state index in [4.69, 9.17) is 0 Å². The topological polar surface area (TPSA) is 60.9 Å². The fourth-order valence-electron chi connectivity index (χ4n) is 3.01. The summed E-state index contributed by atoms with van der Waals surface area (Å²) in [6, 6.07) is 0. The van der Waals surface area contributed by atoms with Crippen molar-refractivity contribution in [3.05, 3.63) is 0 Å². The molecule has 0 aromatic heterocycles. The Kier molecular flexibility index (Phi) is 5.22. The smallest absolute Gasteiger partial charge is 0.281 e. The van der Waals surface area contributed by atoms with Crippen molar-refractivity contribution in [2.75, 3.05) is 26.2 Å². The van der Waals surface area contributed by atoms with Crippen LogP contribution in [0.5, 0.6) is 0 Å². The standard InChI is InChI=1S/C13H26N2O3S/c1-12(16)13-7-6-10-15(11-13)19(17,18)14-8-4-2-3-5-9-14/h12-13,16H,2-11H2,1H3/t12-,13+/m1/s1. The summed E-state index contributed by atoms with van der Waals surface area (Å²) in [7, 11) is -3.32. The number of aliphatic hydroxyl groups is 1. The van der Waals surface area contributed by atoms with E-state index >= 15 is 0 Å². The third-order valence-electron chi connectivity index (χ3n) is 4.32. The first-order valence-corrected chi connectivity index (χ1v) is 8.85. The first kappa shape index (κ1) is 15.2. The van der Waals surface area contributed by atoms with Gasteiger partial charge in [0.05, 0.1) is 6.10 Å². The molecule has 0 saturated carbocycles. The lowest BCUT2D eigenvalue weighted by atomic mass is 9.95. The molecule has 0 unspecified atom stereocenters. The zero-order valence-corrected chi connectivity index (χ0v) is 12.6. The van der Waals surface area contributed by atoms with Crippen molar-refractivity contribution >= 4 is 10.2 Å². The Morgan fingerprint density at radius 2 is 1.58 bits per heavy atom. The van der Waals surface area contributed by atoms with E-state index in [9.17, 15) is 13.5 Å². The van der Waals surface area contributed by atoms with Crippen LogP contribution in [0.25, 0.3) is 0 Å². The third-order valence-corrected chi connectivity index (χ3v) is 6.32. The van der Waals surface area contributed by atoms with Gasteiger partial charge in [-0.3, -0.25) is 0 Å². The summed E-state index contributed by atoms with van der Waals surface area (Å²) in [5, 5.41) is 9.68. The molecule has 6 heteroatoms. The van der Waals surface area contributed by atoms with Crippen LogP contribution in [0.15, 0.2) is 0 Å². The summed E-state index contributed by atoms with van der Waals surface area (Å²) in [5.74, 6) is 0.0792. The molecular weight excluding hydrogens is 264 g/mol. The molecule has 0 spiro atoms. The molecule has 2 aliphatic heterocycles. The van der Waals surface area contributed by atoms with Gasteiger partial charge >= 0.3 is 0 Å². The highest BCUT2D eigenvalue weighted by Crippen LogP contribution is 2.24. The predicted octanol–water partition coefficient (Wildman–Crippen LogP) is 1.20. The summed E-state index contributed by atoms with van der Waals surface area (Å²) >= 11 is 0. The quantitative estimate of drug-likeness (QED) is 0.849. The van der Waals surface area contributed by atoms with Crippen LogP contribution in [0, 0.1) is 5.92 Å². The molecule has 0 aliphatic carbocycles. The molecule has 5 nitrogen and oxygen atoms in total. The molecule has 2 saturated heterocycles. The molecule has 2 rings (SSSR count). The lowest BCUT2D eigenvalue weighted by Crippen LogP contribution is -2.49. The SMILES string of the molecule is C[C@@H](O)[C@H]1CCCN(S(=O)(=O)N2CCCCCC2)C1. The maximum atomic E-state index is 12.6. The average Bonchev–Trinajstić information content (AvgIpc) is 2.68. The van der Waals surface area contributed by atoms with E-state index in [-0.39, 0.29) is 5.92 Å². The van der Waals surface area contributed by atoms with Crippen molar-refractivity contribution < 1.29 is 13.5 Å². The Morgan fingerprint density at radius 1 is 1.00 bits per heavy atom. The highest BCUT2D eigenvalue weighted by atomic mass is 32.2. The highest BCUT2D eigenvalue weighted by molar-refractivity contribution is 7.86. The fraction of sp³-hybridized carbons (Fsp3) is 1.00. The van der Waals surface area contributed by atoms with Gasteiger partial charge in [0.1, 0.15) is 0 Å². The molecule has 0 radical (unpaired) electrons. The van der Waals surface area contributed by atoms with Crippen LogP contribution < -0.4 is 0 Å². The molecule has 112 valence electrons. The molecule has 2 heterocycles. The minimum Gasteiger partial charge on any atom is -0.393 e. The Bertz CT molecular complexity index is 375. The second kappa shape index (κ2) is 6.52. The number of aliphatic hydroxyl groups excluding tert-OH is 1. The van der Waals surface area contributed by atoms with Gasteiger partial charge in [-0.15, -0.1) is 0 Å². The van der Waals surface area contributed by atoms with E-state index in [1.165, 1.54) is 0 Å². The number of hydrogen-bond acceptors (Lipinski definition) is 3. The normalized spacial score (nSPS) is 29.9. The Labute approximate surface area is 116 Å². The number of hydrogen-bond donors (Lipinski definition) is 1. The highest BCUT2D eigenvalue weighted by Gasteiger charge is 2.34. The van der Waals surface area contributed by atoms with Crippen LogP contribution in [0.1, 0.15) is 45.4 Å². The summed E-state index contributed by atoms with van der Waals surface area (Å²) in [6.07, 6.45) is 5.53. The maximum absolute atomic E-state index is 12.6. The van der Waals surface area contributed by atoms with E-state index in [2.05, 4.69) is 0 Å². The van der Waals surface area contributed by atoms with E-state index in [0.717, 1.165) is 38.5 Å². The molecule has 19 heavy (non-hydrogen) atoms. The molecule has 0 aromatic carbocycles. The minimum atomic E-state index is -3.32. The van der Waals surface area contributed by atoms with Crippen LogP contribution in [0.2, 0.25) is 0 Å². The molecule has 1 N–H and O–H groups in total. The number of rotatable bonds is 3. The van der Waals surface area contributed by atoms with Crippen LogP contribution in [-0.4, -0.2) is 54.4 Å². The minimum absolute atomic E-state index is 0.0792. The second-order valence-electron chi connectivity index (χ2n) is 5.82. The second-order valence-corrected chi connectivity index (χ2v) is 7.75. The molecule has 0 bridgehead atoms. The van der Waals surface area contributed by atoms with E-state index in [0.29, 0.717) is 26.2 Å². The first-order valence-electron chi connectivity index (χ1n) is 7.45. The van der Waals surface area contributed by atoms with Gasteiger partial charge in [-0.2, -0.15) is 17.0 Å². The maximum Gasteiger partial charge on any atom is 0.281 e. The van der Waals surface area contributed by atoms with Crippen molar-refractivity contribution in [3.8, 4) is 0 Å². The average molecular weight is 290 g/mol. The zero-order chi connectivity index (χ0) is 13.9. The number of piperidine rings is 1. The zero-order valence-electron chi connectivity index (χ0n) is 11.8. The van der Waals surface area contributed by atoms with Crippen LogP contribution in [0.4, 0.5) is 0 Å². The van der Waals surface area contributed by atoms with Crippen LogP contribution >= 0.6 is 0 Å². The molecular formula is C13H26N2O3S. The van der Waals surface area contributed by atoms with Gasteiger partial charge in [-0.05, 0) is 38.5 Å². The Hall–Kier alpha value is -0.170. The summed E-state index contributed by atoms with van der Waals surface area (Å²) in [4.78, 5) is 0. The lowest BCUT2D eigenvalue weighted by molar-refractivity contribution is 0.0866. The van der Waals surface area contributed by atoms with Gasteiger partial charge in [0.2, 0.25) is 0 Å². The van der Waals surface area contributed by atoms with E-state index in [1.807, 2.05) is 0 Å². The summed E-state index contributed by atoms with van der Waals surface area (Å²) < 4.78 is 28.5. The van der Waals surface area contributed by atoms with Crippen molar-refractivity contribution in [2.45, 2.75) is 51.6 Å². The van der Waals surface area contributed by atoms with E-state index in [1.54, 1.807) is 15.5 Å². The van der Waals surface area contributed by atoms with Gasteiger partial charge in [-0.1, -0.05) is 12.8 Å². The van der Waals surface area contributed by atoms with Crippen molar-refractivity contribution in [2.24, 2.45) is 5.92 Å². The Morgan fingerprint density at radius 3 is 2.16 bits per heavy atom. The predicted molar refractivity (Wildman–Crippen MR) is 74.9 cm³/mol. The molecule has 2 fully saturated rings. The van der Waals surface area contributed by atoms with Gasteiger partial charge < -0.3 is 5.11 Å². The fourth-order valence-corrected chi connectivity index (χ4v) is 4.80. The molecule has 0 aromatic rings. The van der Waals surface area contributed by atoms with Crippen molar-refractivity contribution in [1.82, 2.24) is 8.61 Å². The van der Waals surface area contributed by atoms with Gasteiger partial charge in [0, 0.05) is 26.2 Å². The monoisotopic (exact) mass is 290 g/mol. The third kappa shape index (κ3) is 3.68. The summed E-state index contributed by atoms with van der Waals surface area (Å²) in [6.45, 7) is 4.13. The lowest BCUT2D eigenvalue weighted by Gasteiger charge is -2.36. The Balaban J connectivity index is 2.05.